The number of aldehydes is 1. The van der Waals surface area contributed by atoms with Crippen molar-refractivity contribution in [1.29, 1.82) is 0 Å². The van der Waals surface area contributed by atoms with Gasteiger partial charge in [-0.15, -0.1) is 0 Å². The lowest BCUT2D eigenvalue weighted by atomic mass is 10.0. The van der Waals surface area contributed by atoms with Crippen LogP contribution in [0.2, 0.25) is 0 Å². The van der Waals surface area contributed by atoms with Crippen molar-refractivity contribution in [3.63, 3.8) is 0 Å². The normalized spacial score (nSPS) is 14.4. The van der Waals surface area contributed by atoms with Gasteiger partial charge in [0.1, 0.15) is 6.29 Å². The molecule has 6 nitrogen and oxygen atoms in total. The maximum absolute atomic E-state index is 11.0. The molecule has 0 aliphatic carbocycles. The molecule has 0 unspecified atom stereocenters. The maximum atomic E-state index is 11.0. The van der Waals surface area contributed by atoms with Crippen LogP contribution in [0.3, 0.4) is 0 Å². The molecule has 2 heterocycles. The van der Waals surface area contributed by atoms with E-state index in [9.17, 15) is 4.79 Å². The molecule has 6 heteroatoms. The number of hydrogen-bond donors (Lipinski definition) is 2. The molecule has 1 aliphatic heterocycles. The van der Waals surface area contributed by atoms with Crippen LogP contribution in [0.25, 0.3) is 11.3 Å². The second kappa shape index (κ2) is 8.58. The molecule has 1 aromatic heterocycles. The molecule has 2 N–H and O–H groups in total. The summed E-state index contributed by atoms with van der Waals surface area (Å²) in [6.07, 6.45) is 5.54. The minimum Gasteiger partial charge on any atom is -0.388 e. The minimum absolute atomic E-state index is 0.307. The number of hydrogen-bond acceptors (Lipinski definition) is 6. The Balaban J connectivity index is 1.80. The molecule has 0 atom stereocenters. The number of rotatable bonds is 8. The molecular formula is C19H25N5O. The third kappa shape index (κ3) is 4.33. The van der Waals surface area contributed by atoms with Crippen LogP contribution in [0.15, 0.2) is 30.5 Å². The number of nitrogens with one attached hydrogen (secondary N) is 2. The fourth-order valence-electron chi connectivity index (χ4n) is 3.20. The van der Waals surface area contributed by atoms with Gasteiger partial charge in [0.15, 0.2) is 0 Å². The third-order valence-corrected chi connectivity index (χ3v) is 4.53. The van der Waals surface area contributed by atoms with Crippen LogP contribution in [0, 0.1) is 0 Å². The van der Waals surface area contributed by atoms with Gasteiger partial charge in [-0.1, -0.05) is 18.2 Å². The second-order valence-corrected chi connectivity index (χ2v) is 6.21. The third-order valence-electron chi connectivity index (χ3n) is 4.53. The van der Waals surface area contributed by atoms with Gasteiger partial charge in [-0.25, -0.2) is 9.97 Å². The predicted octanol–water partition coefficient (Wildman–Crippen LogP) is 2.43. The fourth-order valence-corrected chi connectivity index (χ4v) is 3.20. The summed E-state index contributed by atoms with van der Waals surface area (Å²) in [6, 6.07) is 7.97. The summed E-state index contributed by atoms with van der Waals surface area (Å²) in [7, 11) is 1.88. The zero-order valence-electron chi connectivity index (χ0n) is 14.7. The summed E-state index contributed by atoms with van der Waals surface area (Å²) in [4.78, 5) is 22.6. The van der Waals surface area contributed by atoms with E-state index in [1.165, 1.54) is 25.9 Å². The molecule has 0 bridgehead atoms. The molecule has 1 fully saturated rings. The average molecular weight is 339 g/mol. The van der Waals surface area contributed by atoms with Crippen molar-refractivity contribution in [3.8, 4) is 11.3 Å². The van der Waals surface area contributed by atoms with Gasteiger partial charge < -0.3 is 20.3 Å². The molecule has 25 heavy (non-hydrogen) atoms. The van der Waals surface area contributed by atoms with E-state index in [1.54, 1.807) is 6.20 Å². The van der Waals surface area contributed by atoms with Crippen LogP contribution < -0.4 is 10.6 Å². The molecule has 1 aromatic carbocycles. The molecule has 132 valence electrons. The highest BCUT2D eigenvalue weighted by atomic mass is 16.1. The highest BCUT2D eigenvalue weighted by Gasteiger charge is 2.14. The van der Waals surface area contributed by atoms with Gasteiger partial charge >= 0.3 is 0 Å². The van der Waals surface area contributed by atoms with E-state index in [2.05, 4.69) is 20.5 Å². The van der Waals surface area contributed by atoms with Crippen molar-refractivity contribution >= 4 is 17.9 Å². The van der Waals surface area contributed by atoms with Gasteiger partial charge in [0, 0.05) is 49.6 Å². The van der Waals surface area contributed by atoms with Gasteiger partial charge in [-0.2, -0.15) is 0 Å². The van der Waals surface area contributed by atoms with E-state index < -0.39 is 0 Å². The number of anilines is 2. The van der Waals surface area contributed by atoms with Gasteiger partial charge in [0.2, 0.25) is 5.95 Å². The Hall–Kier alpha value is -2.47. The SMILES string of the molecule is CNc1ccccc1-c1nc(NCCN2CCCC2)ncc1CC=O. The van der Waals surface area contributed by atoms with E-state index in [0.29, 0.717) is 12.4 Å². The number of carbonyl (C=O) groups excluding carboxylic acids is 1. The first kappa shape index (κ1) is 17.4. The summed E-state index contributed by atoms with van der Waals surface area (Å²) >= 11 is 0. The molecule has 1 aliphatic rings. The Bertz CT molecular complexity index is 713. The fraction of sp³-hybridized carbons (Fsp3) is 0.421. The highest BCUT2D eigenvalue weighted by Crippen LogP contribution is 2.29. The first-order chi connectivity index (χ1) is 12.3. The van der Waals surface area contributed by atoms with Crippen LogP contribution >= 0.6 is 0 Å². The number of carbonyl (C=O) groups is 1. The number of nitrogens with zero attached hydrogens (tertiary/aromatic N) is 3. The Morgan fingerprint density at radius 2 is 2.04 bits per heavy atom. The van der Waals surface area contributed by atoms with Crippen LogP contribution in [-0.4, -0.2) is 54.4 Å². The largest absolute Gasteiger partial charge is 0.388 e. The minimum atomic E-state index is 0.307. The lowest BCUT2D eigenvalue weighted by Gasteiger charge is -2.16. The van der Waals surface area contributed by atoms with Crippen LogP contribution in [0.5, 0.6) is 0 Å². The first-order valence-electron chi connectivity index (χ1n) is 8.84. The Kier molecular flexibility index (Phi) is 5.95. The van der Waals surface area contributed by atoms with Crippen molar-refractivity contribution in [2.24, 2.45) is 0 Å². The maximum Gasteiger partial charge on any atom is 0.223 e. The van der Waals surface area contributed by atoms with Crippen molar-refractivity contribution in [3.05, 3.63) is 36.0 Å². The van der Waals surface area contributed by atoms with Crippen molar-refractivity contribution < 1.29 is 4.79 Å². The van der Waals surface area contributed by atoms with E-state index in [0.717, 1.165) is 41.9 Å². The Labute approximate surface area is 148 Å². The quantitative estimate of drug-likeness (QED) is 0.720. The second-order valence-electron chi connectivity index (χ2n) is 6.21. The Morgan fingerprint density at radius 1 is 1.24 bits per heavy atom. The lowest BCUT2D eigenvalue weighted by molar-refractivity contribution is -0.107. The zero-order chi connectivity index (χ0) is 17.5. The zero-order valence-corrected chi connectivity index (χ0v) is 14.7. The number of para-hydroxylation sites is 1. The standard InChI is InChI=1S/C19H25N5O/c1-20-17-7-3-2-6-16(17)18-15(8-13-25)14-22-19(23-18)21-9-12-24-10-4-5-11-24/h2-3,6-7,13-14,20H,4-5,8-12H2,1H3,(H,21,22,23). The van der Waals surface area contributed by atoms with Crippen LogP contribution in [0.1, 0.15) is 18.4 Å². The molecular weight excluding hydrogens is 314 g/mol. The molecule has 3 rings (SSSR count). The van der Waals surface area contributed by atoms with Gasteiger partial charge in [0.05, 0.1) is 5.69 Å². The monoisotopic (exact) mass is 339 g/mol. The molecule has 2 aromatic rings. The molecule has 0 saturated carbocycles. The van der Waals surface area contributed by atoms with E-state index in [4.69, 9.17) is 4.98 Å². The van der Waals surface area contributed by atoms with Crippen molar-refractivity contribution in [1.82, 2.24) is 14.9 Å². The summed E-state index contributed by atoms with van der Waals surface area (Å²) in [5.41, 5.74) is 3.60. The number of aromatic nitrogens is 2. The smallest absolute Gasteiger partial charge is 0.223 e. The summed E-state index contributed by atoms with van der Waals surface area (Å²) in [5.74, 6) is 0.606. The van der Waals surface area contributed by atoms with Crippen molar-refractivity contribution in [2.45, 2.75) is 19.3 Å². The summed E-state index contributed by atoms with van der Waals surface area (Å²) in [5, 5.41) is 6.50. The predicted molar refractivity (Wildman–Crippen MR) is 101 cm³/mol. The van der Waals surface area contributed by atoms with Crippen LogP contribution in [0.4, 0.5) is 11.6 Å². The average Bonchev–Trinajstić information content (AvgIpc) is 3.16. The first-order valence-corrected chi connectivity index (χ1v) is 8.84. The lowest BCUT2D eigenvalue weighted by Crippen LogP contribution is -2.26. The summed E-state index contributed by atoms with van der Waals surface area (Å²) in [6.45, 7) is 4.19. The van der Waals surface area contributed by atoms with Crippen LogP contribution in [-0.2, 0) is 11.2 Å². The number of benzene rings is 1. The van der Waals surface area contributed by atoms with E-state index >= 15 is 0 Å². The van der Waals surface area contributed by atoms with Gasteiger partial charge in [0.25, 0.3) is 0 Å². The summed E-state index contributed by atoms with van der Waals surface area (Å²) < 4.78 is 0. The highest BCUT2D eigenvalue weighted by molar-refractivity contribution is 5.79. The Morgan fingerprint density at radius 3 is 2.80 bits per heavy atom. The topological polar surface area (TPSA) is 70.2 Å². The molecule has 0 radical (unpaired) electrons. The van der Waals surface area contributed by atoms with Crippen molar-refractivity contribution in [2.75, 3.05) is 43.9 Å². The molecule has 0 spiro atoms. The van der Waals surface area contributed by atoms with E-state index in [-0.39, 0.29) is 0 Å². The van der Waals surface area contributed by atoms with Gasteiger partial charge in [-0.05, 0) is 32.0 Å². The number of likely N-dealkylation sites (tertiary alicyclic amines) is 1. The van der Waals surface area contributed by atoms with E-state index in [1.807, 2.05) is 31.3 Å². The van der Waals surface area contributed by atoms with Gasteiger partial charge in [-0.3, -0.25) is 0 Å². The molecule has 1 saturated heterocycles. The molecule has 0 amide bonds.